The van der Waals surface area contributed by atoms with Gasteiger partial charge < -0.3 is 28.4 Å². The highest BCUT2D eigenvalue weighted by molar-refractivity contribution is 5.92. The number of hydrogen-bond donors (Lipinski definition) is 0. The molecule has 0 spiro atoms. The number of carbonyl (C=O) groups excluding carboxylic acids is 4. The summed E-state index contributed by atoms with van der Waals surface area (Å²) < 4.78 is 76.2. The Kier molecular flexibility index (Phi) is 27.3. The van der Waals surface area contributed by atoms with E-state index in [-0.39, 0.29) is 23.1 Å². The van der Waals surface area contributed by atoms with Gasteiger partial charge in [0.2, 0.25) is 17.4 Å². The molecule has 13 heteroatoms. The van der Waals surface area contributed by atoms with Gasteiger partial charge in [-0.05, 0) is 74.2 Å². The Morgan fingerprint density at radius 2 is 0.754 bits per heavy atom. The number of ether oxygens (including phenoxy) is 6. The van der Waals surface area contributed by atoms with E-state index in [1.807, 2.05) is 0 Å². The normalized spacial score (nSPS) is 10.8. The van der Waals surface area contributed by atoms with Crippen molar-refractivity contribution in [2.24, 2.45) is 0 Å². The number of unbranched alkanes of at least 4 members (excludes halogenated alkanes) is 20. The minimum Gasteiger partial charge on any atom is -0.494 e. The fourth-order valence-corrected chi connectivity index (χ4v) is 6.84. The van der Waals surface area contributed by atoms with E-state index in [1.165, 1.54) is 99.9 Å². The Morgan fingerprint density at radius 3 is 1.11 bits per heavy atom. The van der Waals surface area contributed by atoms with E-state index in [2.05, 4.69) is 13.2 Å². The van der Waals surface area contributed by atoms with Crippen LogP contribution < -0.4 is 18.9 Å². The molecule has 0 amide bonds. The molecule has 0 heterocycles. The molecular weight excluding hydrogens is 842 g/mol. The third kappa shape index (κ3) is 22.7. The van der Waals surface area contributed by atoms with Gasteiger partial charge in [0.1, 0.15) is 11.5 Å². The zero-order valence-corrected chi connectivity index (χ0v) is 37.9. The number of carbonyl (C=O) groups is 4. The Hall–Kier alpha value is -5.59. The second kappa shape index (κ2) is 33.0. The summed E-state index contributed by atoms with van der Waals surface area (Å²) in [5.74, 6) is -9.10. The number of hydrogen-bond acceptors (Lipinski definition) is 10. The fraction of sp³-hybridized carbons (Fsp3) is 0.500. The van der Waals surface area contributed by atoms with E-state index < -0.39 is 40.9 Å². The molecule has 0 fully saturated rings. The van der Waals surface area contributed by atoms with Crippen LogP contribution in [0.1, 0.15) is 162 Å². The summed E-state index contributed by atoms with van der Waals surface area (Å²) in [7, 11) is 0. The summed E-state index contributed by atoms with van der Waals surface area (Å²) in [6.07, 6.45) is 26.4. The average Bonchev–Trinajstić information content (AvgIpc) is 3.31. The first-order chi connectivity index (χ1) is 31.6. The zero-order valence-electron chi connectivity index (χ0n) is 37.9. The van der Waals surface area contributed by atoms with Crippen LogP contribution in [0.3, 0.4) is 0 Å². The summed E-state index contributed by atoms with van der Waals surface area (Å²) in [4.78, 5) is 47.4. The van der Waals surface area contributed by atoms with Crippen LogP contribution in [0.15, 0.2) is 79.9 Å². The van der Waals surface area contributed by atoms with Gasteiger partial charge in [-0.2, -0.15) is 8.78 Å². The number of rotatable bonds is 36. The number of halogens is 3. The first kappa shape index (κ1) is 53.7. The Morgan fingerprint density at radius 1 is 0.431 bits per heavy atom. The summed E-state index contributed by atoms with van der Waals surface area (Å²) in [6.45, 7) is 8.64. The van der Waals surface area contributed by atoms with E-state index in [9.17, 15) is 32.3 Å². The minimum absolute atomic E-state index is 0.00300. The first-order valence-electron chi connectivity index (χ1n) is 23.3. The highest BCUT2D eigenvalue weighted by atomic mass is 19.2. The topological polar surface area (TPSA) is 124 Å². The van der Waals surface area contributed by atoms with Gasteiger partial charge in [0, 0.05) is 18.2 Å². The van der Waals surface area contributed by atoms with E-state index in [0.717, 1.165) is 89.9 Å². The van der Waals surface area contributed by atoms with Gasteiger partial charge in [-0.1, -0.05) is 129 Å². The average molecular weight is 909 g/mol. The molecule has 65 heavy (non-hydrogen) atoms. The molecule has 0 aliphatic heterocycles. The molecule has 3 aromatic carbocycles. The molecule has 0 N–H and O–H groups in total. The van der Waals surface area contributed by atoms with Crippen LogP contribution in [0.5, 0.6) is 23.0 Å². The lowest BCUT2D eigenvalue weighted by atomic mass is 10.1. The molecule has 0 bridgehead atoms. The third-order valence-corrected chi connectivity index (χ3v) is 10.6. The van der Waals surface area contributed by atoms with Crippen molar-refractivity contribution in [1.82, 2.24) is 0 Å². The monoisotopic (exact) mass is 908 g/mol. The summed E-state index contributed by atoms with van der Waals surface area (Å²) >= 11 is 0. The number of esters is 4. The molecule has 3 rings (SSSR count). The SMILES string of the molecule is C=CC(=O)OCCCCCCCCCCCCCOc1ccc(C(=O)Oc2cc(F)c(OC(=O)c3ccc(OCCCCCCCCCCCCCOC(=O)C=C)cc3)c(F)c2F)cc1. The largest absolute Gasteiger partial charge is 0.494 e. The maximum absolute atomic E-state index is 15.0. The molecule has 0 saturated carbocycles. The fourth-order valence-electron chi connectivity index (χ4n) is 6.84. The van der Waals surface area contributed by atoms with Gasteiger partial charge in [0.05, 0.1) is 37.6 Å². The maximum Gasteiger partial charge on any atom is 0.343 e. The van der Waals surface area contributed by atoms with Crippen LogP contribution in [0, 0.1) is 17.5 Å². The molecule has 10 nitrogen and oxygen atoms in total. The molecular formula is C52H67F3O10. The maximum atomic E-state index is 15.0. The zero-order chi connectivity index (χ0) is 46.9. The van der Waals surface area contributed by atoms with Crippen molar-refractivity contribution in [1.29, 1.82) is 0 Å². The van der Waals surface area contributed by atoms with Crippen molar-refractivity contribution < 1.29 is 60.8 Å². The molecule has 0 aliphatic carbocycles. The molecule has 0 aromatic heterocycles. The van der Waals surface area contributed by atoms with Crippen molar-refractivity contribution in [3.63, 3.8) is 0 Å². The van der Waals surface area contributed by atoms with Crippen LogP contribution in [-0.4, -0.2) is 50.3 Å². The van der Waals surface area contributed by atoms with E-state index >= 15 is 0 Å². The van der Waals surface area contributed by atoms with Crippen molar-refractivity contribution in [3.05, 3.63) is 108 Å². The van der Waals surface area contributed by atoms with E-state index in [1.54, 1.807) is 12.1 Å². The van der Waals surface area contributed by atoms with E-state index in [4.69, 9.17) is 28.4 Å². The molecule has 356 valence electrons. The molecule has 0 atom stereocenters. The molecule has 0 saturated heterocycles. The highest BCUT2D eigenvalue weighted by Crippen LogP contribution is 2.32. The summed E-state index contributed by atoms with van der Waals surface area (Å²) in [5.41, 5.74) is -0.0366. The van der Waals surface area contributed by atoms with E-state index in [0.29, 0.717) is 44.0 Å². The van der Waals surface area contributed by atoms with Gasteiger partial charge >= 0.3 is 23.9 Å². The highest BCUT2D eigenvalue weighted by Gasteiger charge is 2.26. The van der Waals surface area contributed by atoms with Crippen molar-refractivity contribution >= 4 is 23.9 Å². The quantitative estimate of drug-likeness (QED) is 0.0183. The van der Waals surface area contributed by atoms with Gasteiger partial charge in [-0.25, -0.2) is 23.6 Å². The van der Waals surface area contributed by atoms with Crippen LogP contribution in [-0.2, 0) is 19.1 Å². The first-order valence-corrected chi connectivity index (χ1v) is 23.3. The van der Waals surface area contributed by atoms with Crippen LogP contribution >= 0.6 is 0 Å². The summed E-state index contributed by atoms with van der Waals surface area (Å²) in [5, 5.41) is 0. The lowest BCUT2D eigenvalue weighted by molar-refractivity contribution is -0.138. The second-order valence-corrected chi connectivity index (χ2v) is 15.9. The van der Waals surface area contributed by atoms with Crippen LogP contribution in [0.2, 0.25) is 0 Å². The Balaban J connectivity index is 1.26. The van der Waals surface area contributed by atoms with Gasteiger partial charge in [0.25, 0.3) is 0 Å². The third-order valence-electron chi connectivity index (χ3n) is 10.6. The Labute approximate surface area is 382 Å². The lowest BCUT2D eigenvalue weighted by Crippen LogP contribution is -2.14. The smallest absolute Gasteiger partial charge is 0.343 e. The minimum atomic E-state index is -1.82. The predicted octanol–water partition coefficient (Wildman–Crippen LogP) is 13.3. The molecule has 0 aliphatic rings. The Bertz CT molecular complexity index is 1880. The van der Waals surface area contributed by atoms with Crippen molar-refractivity contribution in [3.8, 4) is 23.0 Å². The molecule has 3 aromatic rings. The molecule has 0 unspecified atom stereocenters. The number of benzene rings is 3. The second-order valence-electron chi connectivity index (χ2n) is 15.9. The van der Waals surface area contributed by atoms with Gasteiger partial charge in [-0.15, -0.1) is 0 Å². The lowest BCUT2D eigenvalue weighted by Gasteiger charge is -2.12. The van der Waals surface area contributed by atoms with Crippen LogP contribution in [0.25, 0.3) is 0 Å². The van der Waals surface area contributed by atoms with Crippen molar-refractivity contribution in [2.75, 3.05) is 26.4 Å². The summed E-state index contributed by atoms with van der Waals surface area (Å²) in [6, 6.07) is 12.2. The van der Waals surface area contributed by atoms with Gasteiger partial charge in [-0.3, -0.25) is 0 Å². The molecule has 0 radical (unpaired) electrons. The predicted molar refractivity (Wildman–Crippen MR) is 244 cm³/mol. The standard InChI is InChI=1S/C52H67F3O10/c1-3-46(56)62-37-25-21-17-13-9-5-7-11-15-19-23-35-60-42-31-27-40(28-32-42)51(58)64-45-39-44(53)50(49(55)48(45)54)65-52(59)41-29-33-43(34-30-41)61-36-24-20-16-12-8-6-10-14-18-22-26-38-63-47(57)4-2/h3-4,27-34,39H,1-2,5-26,35-38H2. The van der Waals surface area contributed by atoms with Crippen LogP contribution in [0.4, 0.5) is 13.2 Å². The van der Waals surface area contributed by atoms with Crippen molar-refractivity contribution in [2.45, 2.75) is 141 Å². The van der Waals surface area contributed by atoms with Gasteiger partial charge in [0.15, 0.2) is 11.6 Å².